The number of carbonyl (C=O) groups excluding carboxylic acids is 2. The summed E-state index contributed by atoms with van der Waals surface area (Å²) in [4.78, 5) is 28.8. The van der Waals surface area contributed by atoms with Crippen molar-refractivity contribution in [3.63, 3.8) is 0 Å². The van der Waals surface area contributed by atoms with Gasteiger partial charge in [-0.3, -0.25) is 9.59 Å². The number of nitrogens with one attached hydrogen (secondary N) is 1. The molecule has 126 valence electrons. The quantitative estimate of drug-likeness (QED) is 0.913. The van der Waals surface area contributed by atoms with Crippen LogP contribution in [0.2, 0.25) is 0 Å². The summed E-state index contributed by atoms with van der Waals surface area (Å²) >= 11 is 0. The van der Waals surface area contributed by atoms with Crippen molar-refractivity contribution in [1.82, 2.24) is 15.1 Å². The van der Waals surface area contributed by atoms with Crippen LogP contribution in [-0.4, -0.2) is 60.9 Å². The maximum Gasteiger partial charge on any atom is 0.257 e. The second-order valence-corrected chi connectivity index (χ2v) is 6.49. The zero-order valence-electron chi connectivity index (χ0n) is 13.7. The predicted octanol–water partition coefficient (Wildman–Crippen LogP) is 1.34. The number of carbonyl (C=O) groups is 2. The molecule has 2 saturated heterocycles. The van der Waals surface area contributed by atoms with Crippen LogP contribution in [0.3, 0.4) is 0 Å². The number of nitrogens with zero attached hydrogens (tertiary/aromatic N) is 2. The third-order valence-corrected chi connectivity index (χ3v) is 5.04. The molecule has 2 aliphatic heterocycles. The number of amides is 2. The van der Waals surface area contributed by atoms with Crippen LogP contribution in [0, 0.1) is 5.92 Å². The minimum Gasteiger partial charge on any atom is -0.472 e. The molecule has 0 bridgehead atoms. The fourth-order valence-electron chi connectivity index (χ4n) is 3.57. The van der Waals surface area contributed by atoms with E-state index in [1.54, 1.807) is 6.07 Å². The van der Waals surface area contributed by atoms with Crippen LogP contribution in [-0.2, 0) is 4.79 Å². The van der Waals surface area contributed by atoms with Crippen LogP contribution >= 0.6 is 0 Å². The lowest BCUT2D eigenvalue weighted by Gasteiger charge is -2.37. The van der Waals surface area contributed by atoms with E-state index in [9.17, 15) is 9.59 Å². The van der Waals surface area contributed by atoms with Crippen molar-refractivity contribution in [2.45, 2.75) is 31.7 Å². The first-order valence-corrected chi connectivity index (χ1v) is 8.46. The van der Waals surface area contributed by atoms with E-state index in [2.05, 4.69) is 5.32 Å². The van der Waals surface area contributed by atoms with Crippen LogP contribution in [0.4, 0.5) is 0 Å². The Hall–Kier alpha value is -1.82. The minimum atomic E-state index is -0.00197. The van der Waals surface area contributed by atoms with Crippen LogP contribution in [0.25, 0.3) is 0 Å². The molecule has 2 aliphatic rings. The van der Waals surface area contributed by atoms with E-state index >= 15 is 0 Å². The smallest absolute Gasteiger partial charge is 0.257 e. The molecule has 2 fully saturated rings. The summed E-state index contributed by atoms with van der Waals surface area (Å²) < 4.78 is 4.97. The zero-order chi connectivity index (χ0) is 16.2. The first kappa shape index (κ1) is 16.1. The number of hydrogen-bond donors (Lipinski definition) is 1. The number of likely N-dealkylation sites (N-methyl/N-ethyl adjacent to an activating group) is 1. The highest BCUT2D eigenvalue weighted by Crippen LogP contribution is 2.23. The molecule has 1 aromatic rings. The van der Waals surface area contributed by atoms with E-state index in [-0.39, 0.29) is 17.7 Å². The molecule has 0 aliphatic carbocycles. The Morgan fingerprint density at radius 2 is 1.96 bits per heavy atom. The van der Waals surface area contributed by atoms with E-state index in [1.165, 1.54) is 12.5 Å². The second-order valence-electron chi connectivity index (χ2n) is 6.49. The molecule has 1 atom stereocenters. The van der Waals surface area contributed by atoms with Gasteiger partial charge in [0.1, 0.15) is 6.26 Å². The van der Waals surface area contributed by atoms with Crippen molar-refractivity contribution in [1.29, 1.82) is 0 Å². The summed E-state index contributed by atoms with van der Waals surface area (Å²) in [5.41, 5.74) is 0.586. The normalized spacial score (nSPS) is 23.1. The van der Waals surface area contributed by atoms with Crippen LogP contribution in [0.5, 0.6) is 0 Å². The Bertz CT molecular complexity index is 535. The molecule has 1 N–H and O–H groups in total. The molecule has 0 spiro atoms. The average Bonchev–Trinajstić information content (AvgIpc) is 3.15. The number of piperidine rings is 2. The SMILES string of the molecule is CNC1CCCN(C(=O)C2CCN(C(=O)c3ccoc3)CC2)C1. The minimum absolute atomic E-state index is 0.00197. The first-order chi connectivity index (χ1) is 11.2. The molecule has 0 aromatic carbocycles. The van der Waals surface area contributed by atoms with Gasteiger partial charge in [0, 0.05) is 38.1 Å². The lowest BCUT2D eigenvalue weighted by molar-refractivity contribution is -0.138. The summed E-state index contributed by atoms with van der Waals surface area (Å²) in [6.45, 7) is 2.96. The summed E-state index contributed by atoms with van der Waals surface area (Å²) in [6.07, 6.45) is 6.70. The Labute approximate surface area is 136 Å². The predicted molar refractivity (Wildman–Crippen MR) is 86.0 cm³/mol. The molecule has 3 heterocycles. The van der Waals surface area contributed by atoms with Crippen molar-refractivity contribution >= 4 is 11.8 Å². The Morgan fingerprint density at radius 1 is 1.17 bits per heavy atom. The molecule has 1 unspecified atom stereocenters. The zero-order valence-corrected chi connectivity index (χ0v) is 13.7. The Balaban J connectivity index is 1.52. The van der Waals surface area contributed by atoms with Gasteiger partial charge in [-0.1, -0.05) is 0 Å². The average molecular weight is 319 g/mol. The van der Waals surface area contributed by atoms with Gasteiger partial charge in [-0.05, 0) is 38.8 Å². The molecule has 6 nitrogen and oxygen atoms in total. The maximum absolute atomic E-state index is 12.7. The third-order valence-electron chi connectivity index (χ3n) is 5.04. The Morgan fingerprint density at radius 3 is 2.61 bits per heavy atom. The number of furan rings is 1. The standard InChI is InChI=1S/C17H25N3O3/c1-18-15-3-2-7-20(11-15)16(21)13-4-8-19(9-5-13)17(22)14-6-10-23-12-14/h6,10,12-13,15,18H,2-5,7-9,11H2,1H3. The molecule has 0 radical (unpaired) electrons. The van der Waals surface area contributed by atoms with E-state index in [1.807, 2.05) is 16.8 Å². The highest BCUT2D eigenvalue weighted by molar-refractivity contribution is 5.94. The third kappa shape index (κ3) is 3.58. The molecule has 2 amide bonds. The van der Waals surface area contributed by atoms with Crippen molar-refractivity contribution in [3.8, 4) is 0 Å². The van der Waals surface area contributed by atoms with Gasteiger partial charge in [0.2, 0.25) is 5.91 Å². The molecule has 0 saturated carbocycles. The van der Waals surface area contributed by atoms with Gasteiger partial charge < -0.3 is 19.5 Å². The molecule has 6 heteroatoms. The van der Waals surface area contributed by atoms with Crippen LogP contribution in [0.1, 0.15) is 36.0 Å². The van der Waals surface area contributed by atoms with Gasteiger partial charge in [-0.15, -0.1) is 0 Å². The van der Waals surface area contributed by atoms with Gasteiger partial charge in [0.25, 0.3) is 5.91 Å². The number of rotatable bonds is 3. The molecular weight excluding hydrogens is 294 g/mol. The van der Waals surface area contributed by atoms with Crippen molar-refractivity contribution in [2.24, 2.45) is 5.92 Å². The van der Waals surface area contributed by atoms with Crippen molar-refractivity contribution in [2.75, 3.05) is 33.2 Å². The summed E-state index contributed by atoms with van der Waals surface area (Å²) in [6, 6.07) is 2.10. The Kier molecular flexibility index (Phi) is 5.00. The highest BCUT2D eigenvalue weighted by Gasteiger charge is 2.32. The maximum atomic E-state index is 12.7. The van der Waals surface area contributed by atoms with E-state index < -0.39 is 0 Å². The van der Waals surface area contributed by atoms with Crippen LogP contribution < -0.4 is 5.32 Å². The largest absolute Gasteiger partial charge is 0.472 e. The fraction of sp³-hybridized carbons (Fsp3) is 0.647. The lowest BCUT2D eigenvalue weighted by Crippen LogP contribution is -2.50. The van der Waals surface area contributed by atoms with Gasteiger partial charge in [0.15, 0.2) is 0 Å². The molecular formula is C17H25N3O3. The summed E-state index contributed by atoms with van der Waals surface area (Å²) in [7, 11) is 1.96. The molecule has 23 heavy (non-hydrogen) atoms. The highest BCUT2D eigenvalue weighted by atomic mass is 16.3. The van der Waals surface area contributed by atoms with Crippen molar-refractivity contribution < 1.29 is 14.0 Å². The second kappa shape index (κ2) is 7.17. The van der Waals surface area contributed by atoms with E-state index in [4.69, 9.17) is 4.42 Å². The lowest BCUT2D eigenvalue weighted by atomic mass is 9.93. The topological polar surface area (TPSA) is 65.8 Å². The molecule has 3 rings (SSSR count). The number of hydrogen-bond acceptors (Lipinski definition) is 4. The summed E-state index contributed by atoms with van der Waals surface area (Å²) in [5.74, 6) is 0.317. The van der Waals surface area contributed by atoms with Gasteiger partial charge >= 0.3 is 0 Å². The van der Waals surface area contributed by atoms with Gasteiger partial charge in [-0.2, -0.15) is 0 Å². The number of likely N-dealkylation sites (tertiary alicyclic amines) is 2. The van der Waals surface area contributed by atoms with Crippen molar-refractivity contribution in [3.05, 3.63) is 24.2 Å². The summed E-state index contributed by atoms with van der Waals surface area (Å²) in [5, 5.41) is 3.27. The monoisotopic (exact) mass is 319 g/mol. The van der Waals surface area contributed by atoms with Crippen LogP contribution in [0.15, 0.2) is 23.0 Å². The first-order valence-electron chi connectivity index (χ1n) is 8.46. The van der Waals surface area contributed by atoms with E-state index in [0.717, 1.165) is 38.8 Å². The fourth-order valence-corrected chi connectivity index (χ4v) is 3.57. The van der Waals surface area contributed by atoms with Gasteiger partial charge in [0.05, 0.1) is 11.8 Å². The van der Waals surface area contributed by atoms with E-state index in [0.29, 0.717) is 24.7 Å². The van der Waals surface area contributed by atoms with Gasteiger partial charge in [-0.25, -0.2) is 0 Å². The molecule has 1 aromatic heterocycles.